The van der Waals surface area contributed by atoms with Crippen LogP contribution in [0.25, 0.3) is 11.4 Å². The second-order valence-electron chi connectivity index (χ2n) is 6.72. The molecule has 0 aliphatic heterocycles. The van der Waals surface area contributed by atoms with Crippen molar-refractivity contribution in [2.24, 2.45) is 7.05 Å². The highest BCUT2D eigenvalue weighted by atomic mass is 32.2. The molecule has 0 bridgehead atoms. The van der Waals surface area contributed by atoms with Gasteiger partial charge >= 0.3 is 0 Å². The molecule has 0 radical (unpaired) electrons. The van der Waals surface area contributed by atoms with E-state index in [1.54, 1.807) is 0 Å². The lowest BCUT2D eigenvalue weighted by atomic mass is 10.1. The molecule has 0 spiro atoms. The van der Waals surface area contributed by atoms with Gasteiger partial charge in [-0.2, -0.15) is 0 Å². The number of aryl methyl sites for hydroxylation is 1. The van der Waals surface area contributed by atoms with Crippen LogP contribution in [0.3, 0.4) is 0 Å². The van der Waals surface area contributed by atoms with Gasteiger partial charge in [0.1, 0.15) is 0 Å². The summed E-state index contributed by atoms with van der Waals surface area (Å²) >= 11 is 1.41. The molecular formula is C21H24N4OS. The number of anilines is 1. The zero-order valence-corrected chi connectivity index (χ0v) is 16.9. The number of thioether (sulfide) groups is 1. The van der Waals surface area contributed by atoms with E-state index in [2.05, 4.69) is 29.3 Å². The lowest BCUT2D eigenvalue weighted by Crippen LogP contribution is -2.38. The van der Waals surface area contributed by atoms with Crippen molar-refractivity contribution in [1.29, 1.82) is 0 Å². The molecule has 1 amide bonds. The van der Waals surface area contributed by atoms with Gasteiger partial charge in [-0.25, -0.2) is 0 Å². The van der Waals surface area contributed by atoms with Gasteiger partial charge in [-0.15, -0.1) is 10.2 Å². The molecule has 0 aliphatic carbocycles. The molecule has 140 valence electrons. The largest absolute Gasteiger partial charge is 0.309 e. The first-order valence-electron chi connectivity index (χ1n) is 8.93. The summed E-state index contributed by atoms with van der Waals surface area (Å²) in [5.41, 5.74) is 3.11. The van der Waals surface area contributed by atoms with Crippen molar-refractivity contribution in [2.75, 3.05) is 10.7 Å². The number of hydrogen-bond acceptors (Lipinski definition) is 4. The second kappa shape index (κ2) is 8.39. The number of rotatable bonds is 6. The van der Waals surface area contributed by atoms with Gasteiger partial charge in [-0.3, -0.25) is 4.79 Å². The van der Waals surface area contributed by atoms with Gasteiger partial charge < -0.3 is 9.47 Å². The fourth-order valence-electron chi connectivity index (χ4n) is 2.99. The molecule has 0 fully saturated rings. The van der Waals surface area contributed by atoms with E-state index in [0.29, 0.717) is 5.75 Å². The Bertz CT molecular complexity index is 921. The summed E-state index contributed by atoms with van der Waals surface area (Å²) in [4.78, 5) is 14.7. The van der Waals surface area contributed by atoms with Gasteiger partial charge in [0.25, 0.3) is 0 Å². The maximum atomic E-state index is 12.8. The van der Waals surface area contributed by atoms with E-state index in [1.165, 1.54) is 17.3 Å². The minimum Gasteiger partial charge on any atom is -0.309 e. The van der Waals surface area contributed by atoms with E-state index in [-0.39, 0.29) is 11.9 Å². The molecule has 1 aromatic heterocycles. The molecule has 0 N–H and O–H groups in total. The maximum absolute atomic E-state index is 12.8. The summed E-state index contributed by atoms with van der Waals surface area (Å²) < 4.78 is 1.94. The molecule has 0 saturated carbocycles. The highest BCUT2D eigenvalue weighted by Crippen LogP contribution is 2.25. The standard InChI is InChI=1S/C21H24N4OS/c1-15(2)25(18-11-6-5-7-12-18)19(26)14-27-21-23-22-20(24(21)4)17-10-8-9-16(3)13-17/h5-13,15H,14H2,1-4H3. The molecule has 3 aromatic rings. The van der Waals surface area contributed by atoms with Crippen LogP contribution in [0.4, 0.5) is 5.69 Å². The van der Waals surface area contributed by atoms with Gasteiger partial charge in [0, 0.05) is 24.3 Å². The SMILES string of the molecule is Cc1cccc(-c2nnc(SCC(=O)N(c3ccccc3)C(C)C)n2C)c1. The van der Waals surface area contributed by atoms with Crippen LogP contribution in [0.15, 0.2) is 59.8 Å². The average Bonchev–Trinajstić information content (AvgIpc) is 3.01. The smallest absolute Gasteiger partial charge is 0.237 e. The fraction of sp³-hybridized carbons (Fsp3) is 0.286. The van der Waals surface area contributed by atoms with Crippen molar-refractivity contribution in [3.63, 3.8) is 0 Å². The van der Waals surface area contributed by atoms with E-state index in [0.717, 1.165) is 22.2 Å². The first kappa shape index (κ1) is 19.2. The van der Waals surface area contributed by atoms with Gasteiger partial charge in [0.15, 0.2) is 11.0 Å². The average molecular weight is 381 g/mol. The first-order chi connectivity index (χ1) is 13.0. The lowest BCUT2D eigenvalue weighted by Gasteiger charge is -2.26. The highest BCUT2D eigenvalue weighted by Gasteiger charge is 2.20. The van der Waals surface area contributed by atoms with Crippen molar-refractivity contribution in [1.82, 2.24) is 14.8 Å². The Kier molecular flexibility index (Phi) is 5.96. The number of para-hydroxylation sites is 1. The number of nitrogens with zero attached hydrogens (tertiary/aromatic N) is 4. The first-order valence-corrected chi connectivity index (χ1v) is 9.92. The minimum absolute atomic E-state index is 0.0568. The number of carbonyl (C=O) groups excluding carboxylic acids is 1. The zero-order chi connectivity index (χ0) is 19.4. The van der Waals surface area contributed by atoms with Crippen molar-refractivity contribution in [3.8, 4) is 11.4 Å². The van der Waals surface area contributed by atoms with Crippen LogP contribution in [-0.4, -0.2) is 32.5 Å². The Labute approximate surface area is 164 Å². The van der Waals surface area contributed by atoms with Crippen LogP contribution in [0, 0.1) is 6.92 Å². The third kappa shape index (κ3) is 4.39. The molecule has 0 saturated heterocycles. The van der Waals surface area contributed by atoms with Crippen LogP contribution in [0.1, 0.15) is 19.4 Å². The molecule has 0 unspecified atom stereocenters. The van der Waals surface area contributed by atoms with Crippen LogP contribution < -0.4 is 4.90 Å². The predicted molar refractivity (Wildman–Crippen MR) is 111 cm³/mol. The summed E-state index contributed by atoms with van der Waals surface area (Å²) in [6, 6.07) is 18.0. The monoisotopic (exact) mass is 380 g/mol. The van der Waals surface area contributed by atoms with Crippen molar-refractivity contribution in [2.45, 2.75) is 32.0 Å². The zero-order valence-electron chi connectivity index (χ0n) is 16.1. The van der Waals surface area contributed by atoms with Crippen molar-refractivity contribution in [3.05, 3.63) is 60.2 Å². The molecule has 2 aromatic carbocycles. The third-order valence-electron chi connectivity index (χ3n) is 4.26. The molecule has 5 nitrogen and oxygen atoms in total. The minimum atomic E-state index is 0.0568. The molecule has 1 heterocycles. The van der Waals surface area contributed by atoms with Crippen LogP contribution in [0.2, 0.25) is 0 Å². The quantitative estimate of drug-likeness (QED) is 0.598. The van der Waals surface area contributed by atoms with Crippen molar-refractivity contribution < 1.29 is 4.79 Å². The summed E-state index contributed by atoms with van der Waals surface area (Å²) in [6.07, 6.45) is 0. The highest BCUT2D eigenvalue weighted by molar-refractivity contribution is 7.99. The Balaban J connectivity index is 1.74. The van der Waals surface area contributed by atoms with E-state index < -0.39 is 0 Å². The molecular weight excluding hydrogens is 356 g/mol. The Morgan fingerprint density at radius 2 is 1.85 bits per heavy atom. The summed E-state index contributed by atoms with van der Waals surface area (Å²) in [5, 5.41) is 9.32. The number of amides is 1. The second-order valence-corrected chi connectivity index (χ2v) is 7.66. The number of aromatic nitrogens is 3. The van der Waals surface area contributed by atoms with Gasteiger partial charge in [-0.1, -0.05) is 53.7 Å². The third-order valence-corrected chi connectivity index (χ3v) is 5.26. The Hall–Kier alpha value is -2.60. The van der Waals surface area contributed by atoms with E-state index in [4.69, 9.17) is 0 Å². The summed E-state index contributed by atoms with van der Waals surface area (Å²) in [5.74, 6) is 1.17. The van der Waals surface area contributed by atoms with E-state index in [1.807, 2.05) is 72.8 Å². The Morgan fingerprint density at radius 1 is 1.11 bits per heavy atom. The van der Waals surface area contributed by atoms with Gasteiger partial charge in [-0.05, 0) is 39.0 Å². The molecule has 6 heteroatoms. The van der Waals surface area contributed by atoms with Crippen molar-refractivity contribution >= 4 is 23.4 Å². The topological polar surface area (TPSA) is 51.0 Å². The number of carbonyl (C=O) groups is 1. The van der Waals surface area contributed by atoms with Gasteiger partial charge in [0.2, 0.25) is 5.91 Å². The molecule has 27 heavy (non-hydrogen) atoms. The number of benzene rings is 2. The normalized spacial score (nSPS) is 11.0. The van der Waals surface area contributed by atoms with Crippen LogP contribution in [0.5, 0.6) is 0 Å². The molecule has 0 aliphatic rings. The summed E-state index contributed by atoms with van der Waals surface area (Å²) in [7, 11) is 1.93. The number of hydrogen-bond donors (Lipinski definition) is 0. The van der Waals surface area contributed by atoms with E-state index in [9.17, 15) is 4.79 Å². The van der Waals surface area contributed by atoms with Gasteiger partial charge in [0.05, 0.1) is 5.75 Å². The lowest BCUT2D eigenvalue weighted by molar-refractivity contribution is -0.116. The Morgan fingerprint density at radius 3 is 2.52 bits per heavy atom. The fourth-order valence-corrected chi connectivity index (χ4v) is 3.76. The summed E-state index contributed by atoms with van der Waals surface area (Å²) in [6.45, 7) is 6.10. The predicted octanol–water partition coefficient (Wildman–Crippen LogP) is 4.32. The van der Waals surface area contributed by atoms with Crippen LogP contribution >= 0.6 is 11.8 Å². The van der Waals surface area contributed by atoms with Crippen LogP contribution in [-0.2, 0) is 11.8 Å². The maximum Gasteiger partial charge on any atom is 0.237 e. The molecule has 3 rings (SSSR count). The molecule has 0 atom stereocenters. The van der Waals surface area contributed by atoms with E-state index >= 15 is 0 Å².